The van der Waals surface area contributed by atoms with E-state index in [0.717, 1.165) is 41.8 Å². The SMILES string of the molecule is O=C(c1cn[nH]c1C1CCCCC1)N1CCc2nocc2C1. The van der Waals surface area contributed by atoms with E-state index in [4.69, 9.17) is 4.52 Å². The first-order chi connectivity index (χ1) is 10.8. The van der Waals surface area contributed by atoms with Gasteiger partial charge in [-0.05, 0) is 12.8 Å². The fraction of sp³-hybridized carbons (Fsp3) is 0.562. The molecule has 0 radical (unpaired) electrons. The van der Waals surface area contributed by atoms with E-state index in [2.05, 4.69) is 15.4 Å². The summed E-state index contributed by atoms with van der Waals surface area (Å²) in [6.07, 6.45) is 10.2. The van der Waals surface area contributed by atoms with Crippen LogP contribution in [0.25, 0.3) is 0 Å². The molecule has 1 amide bonds. The molecule has 6 nitrogen and oxygen atoms in total. The van der Waals surface area contributed by atoms with E-state index in [1.807, 2.05) is 4.90 Å². The van der Waals surface area contributed by atoms with Crippen LogP contribution in [0.15, 0.2) is 17.0 Å². The van der Waals surface area contributed by atoms with E-state index >= 15 is 0 Å². The Morgan fingerprint density at radius 2 is 2.18 bits per heavy atom. The average Bonchev–Trinajstić information content (AvgIpc) is 3.23. The van der Waals surface area contributed by atoms with Crippen LogP contribution in [0, 0.1) is 0 Å². The maximum Gasteiger partial charge on any atom is 0.257 e. The largest absolute Gasteiger partial charge is 0.364 e. The number of amides is 1. The number of nitrogens with zero attached hydrogens (tertiary/aromatic N) is 3. The molecule has 0 spiro atoms. The predicted molar refractivity (Wildman–Crippen MR) is 79.4 cm³/mol. The van der Waals surface area contributed by atoms with Crippen LogP contribution in [0.4, 0.5) is 0 Å². The second-order valence-electron chi connectivity index (χ2n) is 6.30. The zero-order valence-electron chi connectivity index (χ0n) is 12.5. The summed E-state index contributed by atoms with van der Waals surface area (Å²) < 4.78 is 5.00. The molecule has 1 N–H and O–H groups in total. The monoisotopic (exact) mass is 300 g/mol. The lowest BCUT2D eigenvalue weighted by Crippen LogP contribution is -2.36. The van der Waals surface area contributed by atoms with Gasteiger partial charge in [-0.15, -0.1) is 0 Å². The summed E-state index contributed by atoms with van der Waals surface area (Å²) in [5.74, 6) is 0.521. The van der Waals surface area contributed by atoms with Gasteiger partial charge in [0, 0.05) is 24.4 Å². The first-order valence-corrected chi connectivity index (χ1v) is 8.07. The Morgan fingerprint density at radius 3 is 3.05 bits per heavy atom. The molecule has 0 saturated heterocycles. The summed E-state index contributed by atoms with van der Waals surface area (Å²) in [4.78, 5) is 14.7. The highest BCUT2D eigenvalue weighted by Gasteiger charge is 2.29. The van der Waals surface area contributed by atoms with Gasteiger partial charge in [0.2, 0.25) is 0 Å². The molecule has 1 fully saturated rings. The molecule has 1 saturated carbocycles. The second kappa shape index (κ2) is 5.59. The topological polar surface area (TPSA) is 75.0 Å². The molecule has 1 aliphatic carbocycles. The molecule has 3 heterocycles. The number of hydrogen-bond donors (Lipinski definition) is 1. The fourth-order valence-corrected chi connectivity index (χ4v) is 3.65. The molecule has 0 unspecified atom stereocenters. The minimum Gasteiger partial charge on any atom is -0.364 e. The van der Waals surface area contributed by atoms with E-state index in [-0.39, 0.29) is 5.91 Å². The van der Waals surface area contributed by atoms with Crippen molar-refractivity contribution in [3.8, 4) is 0 Å². The summed E-state index contributed by atoms with van der Waals surface area (Å²) in [6, 6.07) is 0. The zero-order chi connectivity index (χ0) is 14.9. The van der Waals surface area contributed by atoms with Gasteiger partial charge in [-0.25, -0.2) is 0 Å². The van der Waals surface area contributed by atoms with Crippen LogP contribution < -0.4 is 0 Å². The van der Waals surface area contributed by atoms with Crippen LogP contribution in [0.2, 0.25) is 0 Å². The van der Waals surface area contributed by atoms with Gasteiger partial charge in [0.15, 0.2) is 0 Å². The maximum absolute atomic E-state index is 12.9. The molecule has 2 aromatic rings. The average molecular weight is 300 g/mol. The van der Waals surface area contributed by atoms with E-state index in [1.165, 1.54) is 19.3 Å². The number of carbonyl (C=O) groups is 1. The van der Waals surface area contributed by atoms with Gasteiger partial charge in [-0.1, -0.05) is 24.4 Å². The molecular weight excluding hydrogens is 280 g/mol. The van der Waals surface area contributed by atoms with E-state index in [1.54, 1.807) is 12.5 Å². The summed E-state index contributed by atoms with van der Waals surface area (Å²) in [5, 5.41) is 11.2. The van der Waals surface area contributed by atoms with Gasteiger partial charge in [0.05, 0.1) is 29.7 Å². The third-order valence-electron chi connectivity index (χ3n) is 4.91. The Kier molecular flexibility index (Phi) is 3.44. The second-order valence-corrected chi connectivity index (χ2v) is 6.30. The Hall–Kier alpha value is -2.11. The normalized spacial score (nSPS) is 19.2. The molecule has 0 atom stereocenters. The minimum absolute atomic E-state index is 0.0705. The van der Waals surface area contributed by atoms with E-state index < -0.39 is 0 Å². The van der Waals surface area contributed by atoms with Crippen molar-refractivity contribution in [1.82, 2.24) is 20.3 Å². The number of nitrogens with one attached hydrogen (secondary N) is 1. The Balaban J connectivity index is 1.55. The van der Waals surface area contributed by atoms with Crippen LogP contribution in [-0.4, -0.2) is 32.7 Å². The molecule has 4 rings (SSSR count). The number of carbonyl (C=O) groups excluding carboxylic acids is 1. The number of hydrogen-bond acceptors (Lipinski definition) is 4. The summed E-state index contributed by atoms with van der Waals surface area (Å²) >= 11 is 0. The summed E-state index contributed by atoms with van der Waals surface area (Å²) in [6.45, 7) is 1.26. The van der Waals surface area contributed by atoms with Gasteiger partial charge in [-0.2, -0.15) is 5.10 Å². The highest BCUT2D eigenvalue weighted by Crippen LogP contribution is 2.33. The highest BCUT2D eigenvalue weighted by atomic mass is 16.5. The molecule has 6 heteroatoms. The minimum atomic E-state index is 0.0705. The first-order valence-electron chi connectivity index (χ1n) is 8.07. The van der Waals surface area contributed by atoms with Crippen molar-refractivity contribution in [1.29, 1.82) is 0 Å². The summed E-state index contributed by atoms with van der Waals surface area (Å²) in [7, 11) is 0. The van der Waals surface area contributed by atoms with Crippen molar-refractivity contribution in [2.75, 3.05) is 6.54 Å². The van der Waals surface area contributed by atoms with Crippen molar-refractivity contribution in [3.05, 3.63) is 35.0 Å². The third kappa shape index (κ3) is 2.32. The quantitative estimate of drug-likeness (QED) is 0.925. The van der Waals surface area contributed by atoms with Crippen molar-refractivity contribution in [2.45, 2.75) is 51.0 Å². The predicted octanol–water partition coefficient (Wildman–Crippen LogP) is 2.64. The highest BCUT2D eigenvalue weighted by molar-refractivity contribution is 5.95. The lowest BCUT2D eigenvalue weighted by atomic mass is 9.85. The molecule has 0 bridgehead atoms. The molecular formula is C16H20N4O2. The van der Waals surface area contributed by atoms with Crippen LogP contribution in [0.1, 0.15) is 65.3 Å². The van der Waals surface area contributed by atoms with E-state index in [9.17, 15) is 4.79 Å². The van der Waals surface area contributed by atoms with Gasteiger partial charge in [-0.3, -0.25) is 9.89 Å². The van der Waals surface area contributed by atoms with E-state index in [0.29, 0.717) is 19.0 Å². The lowest BCUT2D eigenvalue weighted by Gasteiger charge is -2.27. The van der Waals surface area contributed by atoms with Crippen molar-refractivity contribution in [2.24, 2.45) is 0 Å². The van der Waals surface area contributed by atoms with Crippen molar-refractivity contribution < 1.29 is 9.32 Å². The number of aromatic amines is 1. The Bertz CT molecular complexity index is 669. The van der Waals surface area contributed by atoms with Crippen LogP contribution >= 0.6 is 0 Å². The first kappa shape index (κ1) is 13.5. The fourth-order valence-electron chi connectivity index (χ4n) is 3.65. The van der Waals surface area contributed by atoms with Crippen molar-refractivity contribution >= 4 is 5.91 Å². The molecule has 2 aliphatic rings. The lowest BCUT2D eigenvalue weighted by molar-refractivity contribution is 0.0732. The van der Waals surface area contributed by atoms with Gasteiger partial charge in [0.1, 0.15) is 6.26 Å². The maximum atomic E-state index is 12.9. The zero-order valence-corrected chi connectivity index (χ0v) is 12.5. The molecule has 116 valence electrons. The third-order valence-corrected chi connectivity index (χ3v) is 4.91. The number of aromatic nitrogens is 3. The summed E-state index contributed by atoms with van der Waals surface area (Å²) in [5.41, 5.74) is 3.76. The molecule has 22 heavy (non-hydrogen) atoms. The van der Waals surface area contributed by atoms with Gasteiger partial charge in [0.25, 0.3) is 5.91 Å². The number of H-pyrrole nitrogens is 1. The Labute approximate surface area is 128 Å². The molecule has 2 aromatic heterocycles. The molecule has 0 aromatic carbocycles. The Morgan fingerprint density at radius 1 is 1.32 bits per heavy atom. The standard InChI is InChI=1S/C16H20N4O2/c21-16(20-7-6-14-12(9-20)10-22-19-14)13-8-17-18-15(13)11-4-2-1-3-5-11/h8,10-11H,1-7,9H2,(H,17,18). The van der Waals surface area contributed by atoms with Crippen LogP contribution in [-0.2, 0) is 13.0 Å². The van der Waals surface area contributed by atoms with Crippen LogP contribution in [0.3, 0.4) is 0 Å². The van der Waals surface area contributed by atoms with Crippen molar-refractivity contribution in [3.63, 3.8) is 0 Å². The number of rotatable bonds is 2. The molecule has 1 aliphatic heterocycles. The number of fused-ring (bicyclic) bond motifs is 1. The van der Waals surface area contributed by atoms with Gasteiger partial charge >= 0.3 is 0 Å². The van der Waals surface area contributed by atoms with Crippen LogP contribution in [0.5, 0.6) is 0 Å². The smallest absolute Gasteiger partial charge is 0.257 e. The van der Waals surface area contributed by atoms with Gasteiger partial charge < -0.3 is 9.42 Å².